The average Bonchev–Trinajstić information content (AvgIpc) is 3.96. The van der Waals surface area contributed by atoms with Crippen LogP contribution in [0.15, 0.2) is 209 Å². The molecule has 0 bridgehead atoms. The number of para-hydroxylation sites is 4. The van der Waals surface area contributed by atoms with E-state index in [1.54, 1.807) is 0 Å². The molecule has 0 saturated heterocycles. The van der Waals surface area contributed by atoms with Gasteiger partial charge >= 0.3 is 0 Å². The first kappa shape index (κ1) is 34.3. The number of amidine groups is 1. The number of nitrogens with two attached hydrogens (primary N) is 1. The van der Waals surface area contributed by atoms with E-state index in [-0.39, 0.29) is 0 Å². The highest BCUT2D eigenvalue weighted by atomic mass is 16.3. The predicted octanol–water partition coefficient (Wildman–Crippen LogP) is 13.1. The van der Waals surface area contributed by atoms with Crippen LogP contribution in [0.1, 0.15) is 18.1 Å². The summed E-state index contributed by atoms with van der Waals surface area (Å²) in [5, 5.41) is 6.55. The zero-order valence-electron chi connectivity index (χ0n) is 32.2. The van der Waals surface area contributed by atoms with Gasteiger partial charge in [-0.25, -0.2) is 4.99 Å². The summed E-state index contributed by atoms with van der Waals surface area (Å²) in [7, 11) is 0. The summed E-state index contributed by atoms with van der Waals surface area (Å²) in [4.78, 5) is 10.7. The van der Waals surface area contributed by atoms with Crippen LogP contribution < -0.4 is 5.73 Å². The molecule has 8 aromatic carbocycles. The number of allylic oxidation sites excluding steroid dienone is 1. The van der Waals surface area contributed by atoms with Crippen molar-refractivity contribution < 1.29 is 4.42 Å². The first-order chi connectivity index (χ1) is 29.2. The molecule has 0 unspecified atom stereocenters. The van der Waals surface area contributed by atoms with Gasteiger partial charge in [-0.1, -0.05) is 158 Å². The van der Waals surface area contributed by atoms with E-state index in [1.807, 2.05) is 61.5 Å². The molecule has 0 spiro atoms. The summed E-state index contributed by atoms with van der Waals surface area (Å²) < 4.78 is 11.2. The summed E-state index contributed by atoms with van der Waals surface area (Å²) in [6.45, 7) is 2.01. The molecule has 0 atom stereocenters. The smallest absolute Gasteiger partial charge is 0.237 e. The Labute approximate surface area is 340 Å². The number of fused-ring (bicyclic) bond motifs is 10. The van der Waals surface area contributed by atoms with Gasteiger partial charge in [-0.15, -0.1) is 0 Å². The van der Waals surface area contributed by atoms with Crippen molar-refractivity contribution in [2.24, 2.45) is 15.7 Å². The second-order valence-electron chi connectivity index (χ2n) is 14.7. The van der Waals surface area contributed by atoms with Crippen molar-refractivity contribution in [3.05, 3.63) is 205 Å². The molecular formula is C53H37N5O. The molecule has 0 aliphatic carbocycles. The van der Waals surface area contributed by atoms with E-state index in [9.17, 15) is 0 Å². The lowest BCUT2D eigenvalue weighted by molar-refractivity contribution is 0.670. The van der Waals surface area contributed by atoms with Gasteiger partial charge in [0.2, 0.25) is 5.96 Å². The lowest BCUT2D eigenvalue weighted by Crippen LogP contribution is -2.19. The molecule has 0 amide bonds. The van der Waals surface area contributed by atoms with Gasteiger partial charge in [-0.2, -0.15) is 4.99 Å². The molecule has 0 fully saturated rings. The SMILES string of the molecule is C/C=C(/N=C(\N=C(/N)c1ccc2c(c1)oc1c(-c3ccccc3)cccc12)n1c2ccccc2c2ccc3c4ccccc4n(-c4ccccc4)c3c21)c1ccccc1. The van der Waals surface area contributed by atoms with Crippen LogP contribution in [0.25, 0.3) is 88.1 Å². The number of furan rings is 1. The summed E-state index contributed by atoms with van der Waals surface area (Å²) in [6.07, 6.45) is 2.02. The fourth-order valence-electron chi connectivity index (χ4n) is 8.67. The molecule has 6 nitrogen and oxygen atoms in total. The Bertz CT molecular complexity index is 3500. The Morgan fingerprint density at radius 1 is 0.525 bits per heavy atom. The Kier molecular flexibility index (Phi) is 8.08. The van der Waals surface area contributed by atoms with E-state index in [4.69, 9.17) is 20.1 Å². The molecule has 6 heteroatoms. The lowest BCUT2D eigenvalue weighted by atomic mass is 10.0. The van der Waals surface area contributed by atoms with Crippen molar-refractivity contribution in [2.45, 2.75) is 6.92 Å². The quantitative estimate of drug-likeness (QED) is 0.140. The largest absolute Gasteiger partial charge is 0.455 e. The Balaban J connectivity index is 1.19. The van der Waals surface area contributed by atoms with Crippen LogP contribution in [0.5, 0.6) is 0 Å². The standard InChI is InChI=1S/C53H37N5O/c1-2-45(35-19-8-4-9-20-35)55-53(56-52(54)36-29-30-41-44-26-16-25-38(34-17-6-3-7-18-34)51(44)59-48(41)33-36)58-47-28-15-13-24-40(47)43-32-31-42-39-23-12-14-27-46(39)57(49(42)50(43)58)37-21-10-5-11-22-37/h2-33H,1H3,(H2,54,55,56)/b45-2+. The van der Waals surface area contributed by atoms with Crippen molar-refractivity contribution in [3.8, 4) is 16.8 Å². The molecule has 59 heavy (non-hydrogen) atoms. The van der Waals surface area contributed by atoms with Crippen LogP contribution in [0, 0.1) is 0 Å². The average molecular weight is 760 g/mol. The van der Waals surface area contributed by atoms with E-state index in [0.29, 0.717) is 11.8 Å². The molecule has 2 N–H and O–H groups in total. The maximum Gasteiger partial charge on any atom is 0.237 e. The van der Waals surface area contributed by atoms with E-state index in [1.165, 1.54) is 5.39 Å². The molecule has 3 heterocycles. The molecular weight excluding hydrogens is 723 g/mol. The monoisotopic (exact) mass is 759 g/mol. The van der Waals surface area contributed by atoms with Crippen LogP contribution in [0.4, 0.5) is 0 Å². The Morgan fingerprint density at radius 3 is 1.88 bits per heavy atom. The minimum Gasteiger partial charge on any atom is -0.455 e. The number of hydrogen-bond acceptors (Lipinski definition) is 2. The first-order valence-corrected chi connectivity index (χ1v) is 19.8. The summed E-state index contributed by atoms with van der Waals surface area (Å²) in [5.74, 6) is 0.763. The number of aliphatic imine (C=N–C) groups is 2. The third-order valence-corrected chi connectivity index (χ3v) is 11.3. The van der Waals surface area contributed by atoms with E-state index in [0.717, 1.165) is 93.8 Å². The van der Waals surface area contributed by atoms with Crippen molar-refractivity contribution in [1.82, 2.24) is 9.13 Å². The van der Waals surface area contributed by atoms with Gasteiger partial charge in [0.05, 0.1) is 27.8 Å². The van der Waals surface area contributed by atoms with E-state index >= 15 is 0 Å². The van der Waals surface area contributed by atoms with Crippen LogP contribution in [-0.2, 0) is 0 Å². The van der Waals surface area contributed by atoms with Crippen molar-refractivity contribution in [2.75, 3.05) is 0 Å². The van der Waals surface area contributed by atoms with Gasteiger partial charge in [-0.05, 0) is 54.4 Å². The zero-order chi connectivity index (χ0) is 39.5. The van der Waals surface area contributed by atoms with Gasteiger partial charge in [0.25, 0.3) is 0 Å². The molecule has 0 radical (unpaired) electrons. The number of aromatic nitrogens is 2. The number of nitrogens with zero attached hydrogens (tertiary/aromatic N) is 4. The fraction of sp³-hybridized carbons (Fsp3) is 0.0189. The lowest BCUT2D eigenvalue weighted by Gasteiger charge is -2.13. The topological polar surface area (TPSA) is 73.7 Å². The maximum absolute atomic E-state index is 7.14. The Morgan fingerprint density at radius 2 is 1.14 bits per heavy atom. The minimum atomic E-state index is 0.319. The van der Waals surface area contributed by atoms with Crippen molar-refractivity contribution in [1.29, 1.82) is 0 Å². The highest BCUT2D eigenvalue weighted by molar-refractivity contribution is 6.26. The van der Waals surface area contributed by atoms with E-state index in [2.05, 4.69) is 149 Å². The molecule has 0 aliphatic rings. The van der Waals surface area contributed by atoms with Gasteiger partial charge in [0.1, 0.15) is 17.0 Å². The normalized spacial score (nSPS) is 12.9. The van der Waals surface area contributed by atoms with Gasteiger partial charge < -0.3 is 14.7 Å². The summed E-state index contributed by atoms with van der Waals surface area (Å²) in [6, 6.07) is 65.0. The van der Waals surface area contributed by atoms with Crippen LogP contribution in [-0.4, -0.2) is 20.9 Å². The summed E-state index contributed by atoms with van der Waals surface area (Å²) in [5.41, 5.74) is 18.6. The first-order valence-electron chi connectivity index (χ1n) is 19.8. The van der Waals surface area contributed by atoms with Gasteiger partial charge in [0, 0.05) is 49.1 Å². The van der Waals surface area contributed by atoms with Gasteiger partial charge in [-0.3, -0.25) is 4.57 Å². The molecule has 280 valence electrons. The number of benzene rings is 8. The third kappa shape index (κ3) is 5.57. The van der Waals surface area contributed by atoms with E-state index < -0.39 is 0 Å². The highest BCUT2D eigenvalue weighted by Crippen LogP contribution is 2.41. The molecule has 11 aromatic rings. The molecule has 0 saturated carbocycles. The molecule has 3 aromatic heterocycles. The van der Waals surface area contributed by atoms with Crippen molar-refractivity contribution in [3.63, 3.8) is 0 Å². The van der Waals surface area contributed by atoms with Crippen LogP contribution in [0.3, 0.4) is 0 Å². The fourth-order valence-corrected chi connectivity index (χ4v) is 8.67. The summed E-state index contributed by atoms with van der Waals surface area (Å²) >= 11 is 0. The number of hydrogen-bond donors (Lipinski definition) is 1. The minimum absolute atomic E-state index is 0.319. The highest BCUT2D eigenvalue weighted by Gasteiger charge is 2.23. The van der Waals surface area contributed by atoms with Crippen molar-refractivity contribution >= 4 is 83.0 Å². The third-order valence-electron chi connectivity index (χ3n) is 11.3. The molecule has 0 aliphatic heterocycles. The van der Waals surface area contributed by atoms with Crippen LogP contribution in [0.2, 0.25) is 0 Å². The number of rotatable bonds is 5. The zero-order valence-corrected chi connectivity index (χ0v) is 32.2. The second kappa shape index (κ2) is 13.9. The van der Waals surface area contributed by atoms with Crippen LogP contribution >= 0.6 is 0 Å². The predicted molar refractivity (Wildman–Crippen MR) is 247 cm³/mol. The Hall–Kier alpha value is -7.96. The maximum atomic E-state index is 7.14. The van der Waals surface area contributed by atoms with Gasteiger partial charge in [0.15, 0.2) is 0 Å². The second-order valence-corrected chi connectivity index (χ2v) is 14.7. The molecule has 11 rings (SSSR count).